The molecule has 4 aromatic rings. The lowest BCUT2D eigenvalue weighted by Gasteiger charge is -2.03. The highest BCUT2D eigenvalue weighted by Gasteiger charge is 2.17. The van der Waals surface area contributed by atoms with E-state index < -0.39 is 0 Å². The third-order valence-electron chi connectivity index (χ3n) is 4.63. The summed E-state index contributed by atoms with van der Waals surface area (Å²) >= 11 is 0. The molecule has 0 aliphatic carbocycles. The Balaban J connectivity index is 1.94. The molecule has 122 valence electrons. The first kappa shape index (κ1) is 14.8. The van der Waals surface area contributed by atoms with Gasteiger partial charge in [0, 0.05) is 18.1 Å². The van der Waals surface area contributed by atoms with E-state index in [9.17, 15) is 0 Å². The number of aromatic nitrogens is 6. The minimum atomic E-state index is 0.524. The summed E-state index contributed by atoms with van der Waals surface area (Å²) in [4.78, 5) is 4.75. The van der Waals surface area contributed by atoms with Gasteiger partial charge in [-0.1, -0.05) is 31.5 Å². The average molecular weight is 320 g/mol. The predicted molar refractivity (Wildman–Crippen MR) is 94.4 cm³/mol. The van der Waals surface area contributed by atoms with Gasteiger partial charge in [-0.3, -0.25) is 0 Å². The molecule has 0 fully saturated rings. The van der Waals surface area contributed by atoms with Crippen LogP contribution in [0.3, 0.4) is 0 Å². The Morgan fingerprint density at radius 1 is 1.08 bits per heavy atom. The number of hydrogen-bond donors (Lipinski definition) is 0. The van der Waals surface area contributed by atoms with Crippen LogP contribution in [-0.4, -0.2) is 29.5 Å². The SMILES string of the molecule is CCCc1c(C)nn(-c2nnc3c4ccccc4n(C)c3n2)c1C. The molecule has 0 aliphatic rings. The highest BCUT2D eigenvalue weighted by Crippen LogP contribution is 2.25. The molecular formula is C18H20N6. The second-order valence-electron chi connectivity index (χ2n) is 6.17. The number of aryl methyl sites for hydroxylation is 2. The molecule has 0 radical (unpaired) electrons. The monoisotopic (exact) mass is 320 g/mol. The van der Waals surface area contributed by atoms with Crippen LogP contribution in [-0.2, 0) is 13.5 Å². The number of rotatable bonds is 3. The zero-order valence-corrected chi connectivity index (χ0v) is 14.4. The zero-order valence-electron chi connectivity index (χ0n) is 14.4. The zero-order chi connectivity index (χ0) is 16.8. The van der Waals surface area contributed by atoms with Crippen molar-refractivity contribution in [3.05, 3.63) is 41.2 Å². The Morgan fingerprint density at radius 2 is 1.88 bits per heavy atom. The fraction of sp³-hybridized carbons (Fsp3) is 0.333. The van der Waals surface area contributed by atoms with Crippen LogP contribution < -0.4 is 0 Å². The lowest BCUT2D eigenvalue weighted by molar-refractivity contribution is 0.751. The minimum Gasteiger partial charge on any atom is -0.327 e. The van der Waals surface area contributed by atoms with Gasteiger partial charge >= 0.3 is 0 Å². The van der Waals surface area contributed by atoms with Crippen LogP contribution in [0.15, 0.2) is 24.3 Å². The van der Waals surface area contributed by atoms with Gasteiger partial charge in [-0.25, -0.2) is 4.68 Å². The summed E-state index contributed by atoms with van der Waals surface area (Å²) in [6.45, 7) is 6.28. The maximum Gasteiger partial charge on any atom is 0.272 e. The lowest BCUT2D eigenvalue weighted by atomic mass is 10.1. The first-order valence-corrected chi connectivity index (χ1v) is 8.25. The Kier molecular flexibility index (Phi) is 3.33. The number of hydrogen-bond acceptors (Lipinski definition) is 4. The van der Waals surface area contributed by atoms with Crippen molar-refractivity contribution < 1.29 is 0 Å². The second-order valence-corrected chi connectivity index (χ2v) is 6.17. The fourth-order valence-corrected chi connectivity index (χ4v) is 3.37. The molecule has 3 aromatic heterocycles. The highest BCUT2D eigenvalue weighted by molar-refractivity contribution is 6.03. The largest absolute Gasteiger partial charge is 0.327 e. The van der Waals surface area contributed by atoms with Crippen LogP contribution >= 0.6 is 0 Å². The molecule has 4 rings (SSSR count). The van der Waals surface area contributed by atoms with E-state index in [-0.39, 0.29) is 0 Å². The summed E-state index contributed by atoms with van der Waals surface area (Å²) in [7, 11) is 2.01. The van der Waals surface area contributed by atoms with Crippen molar-refractivity contribution in [2.24, 2.45) is 7.05 Å². The van der Waals surface area contributed by atoms with Crippen molar-refractivity contribution >= 4 is 22.1 Å². The quantitative estimate of drug-likeness (QED) is 0.581. The van der Waals surface area contributed by atoms with Crippen molar-refractivity contribution in [1.29, 1.82) is 0 Å². The Labute approximate surface area is 140 Å². The number of nitrogens with zero attached hydrogens (tertiary/aromatic N) is 6. The molecule has 0 unspecified atom stereocenters. The van der Waals surface area contributed by atoms with E-state index >= 15 is 0 Å². The molecule has 0 bridgehead atoms. The third-order valence-corrected chi connectivity index (χ3v) is 4.63. The summed E-state index contributed by atoms with van der Waals surface area (Å²) in [5.41, 5.74) is 6.16. The molecule has 0 amide bonds. The molecule has 6 heteroatoms. The van der Waals surface area contributed by atoms with Gasteiger partial charge in [0.25, 0.3) is 5.95 Å². The topological polar surface area (TPSA) is 61.4 Å². The fourth-order valence-electron chi connectivity index (χ4n) is 3.37. The van der Waals surface area contributed by atoms with Gasteiger partial charge in [-0.2, -0.15) is 10.1 Å². The van der Waals surface area contributed by atoms with Gasteiger partial charge in [-0.05, 0) is 31.9 Å². The molecule has 0 spiro atoms. The molecule has 1 aromatic carbocycles. The third kappa shape index (κ3) is 2.02. The van der Waals surface area contributed by atoms with Crippen molar-refractivity contribution in [2.45, 2.75) is 33.6 Å². The van der Waals surface area contributed by atoms with E-state index in [0.29, 0.717) is 5.95 Å². The van der Waals surface area contributed by atoms with Gasteiger partial charge in [0.1, 0.15) is 5.52 Å². The summed E-state index contributed by atoms with van der Waals surface area (Å²) in [6.07, 6.45) is 2.11. The molecular weight excluding hydrogens is 300 g/mol. The van der Waals surface area contributed by atoms with Gasteiger partial charge in [0.15, 0.2) is 5.65 Å². The van der Waals surface area contributed by atoms with E-state index in [1.165, 1.54) is 5.56 Å². The van der Waals surface area contributed by atoms with Crippen molar-refractivity contribution in [1.82, 2.24) is 29.5 Å². The van der Waals surface area contributed by atoms with Crippen LogP contribution in [0.25, 0.3) is 28.0 Å². The Hall–Kier alpha value is -2.76. The number of para-hydroxylation sites is 1. The standard InChI is InChI=1S/C18H20N6/c1-5-8-13-11(2)22-24(12(13)3)18-19-17-16(20-21-18)14-9-6-7-10-15(14)23(17)4/h6-7,9-10H,5,8H2,1-4H3. The number of benzene rings is 1. The van der Waals surface area contributed by atoms with Crippen molar-refractivity contribution in [2.75, 3.05) is 0 Å². The van der Waals surface area contributed by atoms with E-state index in [2.05, 4.69) is 45.8 Å². The summed E-state index contributed by atoms with van der Waals surface area (Å²) in [5, 5.41) is 14.5. The minimum absolute atomic E-state index is 0.524. The van der Waals surface area contributed by atoms with Gasteiger partial charge in [0.2, 0.25) is 0 Å². The Bertz CT molecular complexity index is 1060. The predicted octanol–water partition coefficient (Wildman–Crippen LogP) is 3.27. The summed E-state index contributed by atoms with van der Waals surface area (Å²) in [5.74, 6) is 0.524. The second kappa shape index (κ2) is 5.40. The normalized spacial score (nSPS) is 11.7. The number of fused-ring (bicyclic) bond motifs is 3. The van der Waals surface area contributed by atoms with Crippen molar-refractivity contribution in [3.8, 4) is 5.95 Å². The molecule has 0 N–H and O–H groups in total. The van der Waals surface area contributed by atoms with E-state index in [0.717, 1.165) is 46.3 Å². The van der Waals surface area contributed by atoms with Gasteiger partial charge in [-0.15, -0.1) is 10.2 Å². The molecule has 0 atom stereocenters. The summed E-state index contributed by atoms with van der Waals surface area (Å²) in [6, 6.07) is 8.15. The first-order valence-electron chi connectivity index (χ1n) is 8.25. The molecule has 0 aliphatic heterocycles. The molecule has 0 saturated carbocycles. The molecule has 0 saturated heterocycles. The van der Waals surface area contributed by atoms with Crippen molar-refractivity contribution in [3.63, 3.8) is 0 Å². The van der Waals surface area contributed by atoms with Crippen LogP contribution in [0.2, 0.25) is 0 Å². The van der Waals surface area contributed by atoms with Crippen LogP contribution in [0, 0.1) is 13.8 Å². The maximum absolute atomic E-state index is 4.75. The highest BCUT2D eigenvalue weighted by atomic mass is 15.4. The van der Waals surface area contributed by atoms with Crippen LogP contribution in [0.1, 0.15) is 30.3 Å². The Morgan fingerprint density at radius 3 is 2.67 bits per heavy atom. The average Bonchev–Trinajstić information content (AvgIpc) is 3.04. The molecule has 24 heavy (non-hydrogen) atoms. The first-order chi connectivity index (χ1) is 11.6. The lowest BCUT2D eigenvalue weighted by Crippen LogP contribution is -2.07. The molecule has 3 heterocycles. The van der Waals surface area contributed by atoms with Crippen LogP contribution in [0.4, 0.5) is 0 Å². The van der Waals surface area contributed by atoms with E-state index in [4.69, 9.17) is 4.98 Å². The van der Waals surface area contributed by atoms with Crippen LogP contribution in [0.5, 0.6) is 0 Å². The smallest absolute Gasteiger partial charge is 0.272 e. The van der Waals surface area contributed by atoms with E-state index in [1.54, 1.807) is 0 Å². The van der Waals surface area contributed by atoms with E-state index in [1.807, 2.05) is 30.8 Å². The van der Waals surface area contributed by atoms with Gasteiger partial charge < -0.3 is 4.57 Å². The molecule has 6 nitrogen and oxygen atoms in total. The van der Waals surface area contributed by atoms with Gasteiger partial charge in [0.05, 0.1) is 11.2 Å². The maximum atomic E-state index is 4.75. The summed E-state index contributed by atoms with van der Waals surface area (Å²) < 4.78 is 3.87.